The fourth-order valence-electron chi connectivity index (χ4n) is 9.32. The van der Waals surface area contributed by atoms with E-state index in [-0.39, 0.29) is 27.2 Å². The summed E-state index contributed by atoms with van der Waals surface area (Å²) >= 11 is 0. The Labute approximate surface area is 180 Å². The fourth-order valence-corrected chi connectivity index (χ4v) is 9.32. The third kappa shape index (κ3) is 2.48. The third-order valence-electron chi connectivity index (χ3n) is 10.1. The van der Waals surface area contributed by atoms with Crippen LogP contribution in [0.15, 0.2) is 35.5 Å². The summed E-state index contributed by atoms with van der Waals surface area (Å²) in [6, 6.07) is 0.346. The molecule has 0 radical (unpaired) electrons. The van der Waals surface area contributed by atoms with Gasteiger partial charge in [0.2, 0.25) is 0 Å². The molecule has 2 nitrogen and oxygen atoms in total. The van der Waals surface area contributed by atoms with Gasteiger partial charge < -0.3 is 5.32 Å². The zero-order chi connectivity index (χ0) is 22.0. The second kappa shape index (κ2) is 6.69. The standard InChI is InChI=1S/C27H44N2/c1-12-20-16-24(7,13-2)17-25(8)22(28-10)19(4)21-23(5,6)15-14-18(3)26(21,9)27(20,25)29-11/h13,18-19,21-22,28H,1-2,11,14-17H2,3-10H3/t18-,19?,21?,22?,24-,25+,26?,27+/m0/s1. The number of rotatable bonds is 3. The Bertz CT molecular complexity index is 758. The van der Waals surface area contributed by atoms with Gasteiger partial charge in [-0.25, -0.2) is 0 Å². The Morgan fingerprint density at radius 3 is 2.28 bits per heavy atom. The van der Waals surface area contributed by atoms with Crippen LogP contribution in [0.3, 0.4) is 0 Å². The Balaban J connectivity index is 2.44. The van der Waals surface area contributed by atoms with Crippen LogP contribution >= 0.6 is 0 Å². The summed E-state index contributed by atoms with van der Waals surface area (Å²) < 4.78 is 0. The van der Waals surface area contributed by atoms with Gasteiger partial charge in [0.05, 0.1) is 0 Å². The maximum atomic E-state index is 5.17. The summed E-state index contributed by atoms with van der Waals surface area (Å²) in [7, 11) is 2.14. The molecule has 3 fully saturated rings. The first-order valence-corrected chi connectivity index (χ1v) is 11.5. The highest BCUT2D eigenvalue weighted by Gasteiger charge is 2.76. The minimum absolute atomic E-state index is 0.0144. The van der Waals surface area contributed by atoms with E-state index in [0.717, 1.165) is 12.8 Å². The summed E-state index contributed by atoms with van der Waals surface area (Å²) in [6.45, 7) is 30.0. The fraction of sp³-hybridized carbons (Fsp3) is 0.778. The van der Waals surface area contributed by atoms with Gasteiger partial charge in [-0.3, -0.25) is 4.99 Å². The Kier molecular flexibility index (Phi) is 5.21. The molecule has 1 N–H and O–H groups in total. The van der Waals surface area contributed by atoms with Gasteiger partial charge in [0.1, 0.15) is 5.54 Å². The lowest BCUT2D eigenvalue weighted by Crippen LogP contribution is -2.78. The molecule has 29 heavy (non-hydrogen) atoms. The number of hydrogen-bond donors (Lipinski definition) is 1. The molecule has 0 amide bonds. The van der Waals surface area contributed by atoms with E-state index in [0.29, 0.717) is 23.8 Å². The number of fused-ring (bicyclic) bond motifs is 3. The van der Waals surface area contributed by atoms with E-state index in [9.17, 15) is 0 Å². The maximum absolute atomic E-state index is 5.17. The van der Waals surface area contributed by atoms with E-state index in [4.69, 9.17) is 4.99 Å². The van der Waals surface area contributed by atoms with E-state index in [1.165, 1.54) is 18.4 Å². The van der Waals surface area contributed by atoms with Crippen LogP contribution in [0.25, 0.3) is 0 Å². The zero-order valence-electron chi connectivity index (χ0n) is 20.3. The van der Waals surface area contributed by atoms with Crippen molar-refractivity contribution in [1.29, 1.82) is 0 Å². The second-order valence-electron chi connectivity index (χ2n) is 12.0. The molecule has 0 aromatic carbocycles. The molecule has 3 aliphatic carbocycles. The molecule has 3 rings (SSSR count). The average Bonchev–Trinajstić information content (AvgIpc) is 2.64. The summed E-state index contributed by atoms with van der Waals surface area (Å²) in [5.41, 5.74) is 4.54. The first-order valence-electron chi connectivity index (χ1n) is 11.5. The van der Waals surface area contributed by atoms with E-state index in [2.05, 4.69) is 92.5 Å². The summed E-state index contributed by atoms with van der Waals surface area (Å²) in [5.74, 6) is 1.66. The third-order valence-corrected chi connectivity index (χ3v) is 10.1. The van der Waals surface area contributed by atoms with Crippen LogP contribution in [0.5, 0.6) is 0 Å². The predicted molar refractivity (Wildman–Crippen MR) is 126 cm³/mol. The van der Waals surface area contributed by atoms with Crippen LogP contribution in [0.4, 0.5) is 0 Å². The SMILES string of the molecule is C=C=C1C[C@](C)(C=C)C[C@]2(C)C(NC)C(C)C3C(C)(C)CC[C@H](C)C3(C)[C@@]12N=C. The van der Waals surface area contributed by atoms with Gasteiger partial charge in [0.15, 0.2) is 0 Å². The molecule has 0 aromatic rings. The van der Waals surface area contributed by atoms with Crippen molar-refractivity contribution in [2.24, 2.45) is 44.4 Å². The molecule has 2 heteroatoms. The molecule has 0 heterocycles. The normalized spacial score (nSPS) is 51.4. The van der Waals surface area contributed by atoms with Gasteiger partial charge in [-0.15, -0.1) is 12.3 Å². The monoisotopic (exact) mass is 396 g/mol. The van der Waals surface area contributed by atoms with Crippen molar-refractivity contribution in [3.05, 3.63) is 30.5 Å². The maximum Gasteiger partial charge on any atom is 0.101 e. The largest absolute Gasteiger partial charge is 0.316 e. The lowest BCUT2D eigenvalue weighted by Gasteiger charge is -2.75. The predicted octanol–water partition coefficient (Wildman–Crippen LogP) is 6.45. The molecule has 4 unspecified atom stereocenters. The quantitative estimate of drug-likeness (QED) is 0.331. The number of nitrogens with zero attached hydrogens (tertiary/aromatic N) is 1. The molecule has 0 aliphatic heterocycles. The van der Waals surface area contributed by atoms with E-state index in [1.54, 1.807) is 0 Å². The van der Waals surface area contributed by atoms with Gasteiger partial charge in [-0.2, -0.15) is 0 Å². The highest BCUT2D eigenvalue weighted by atomic mass is 15.0. The Morgan fingerprint density at radius 1 is 1.17 bits per heavy atom. The number of nitrogens with one attached hydrogen (secondary N) is 1. The van der Waals surface area contributed by atoms with E-state index >= 15 is 0 Å². The van der Waals surface area contributed by atoms with Crippen LogP contribution in [-0.4, -0.2) is 25.3 Å². The molecule has 0 spiro atoms. The van der Waals surface area contributed by atoms with Gasteiger partial charge in [-0.1, -0.05) is 61.1 Å². The van der Waals surface area contributed by atoms with Crippen molar-refractivity contribution in [3.63, 3.8) is 0 Å². The van der Waals surface area contributed by atoms with Crippen LogP contribution < -0.4 is 5.32 Å². The van der Waals surface area contributed by atoms with Gasteiger partial charge in [0, 0.05) is 22.4 Å². The van der Waals surface area contributed by atoms with Crippen molar-refractivity contribution in [2.75, 3.05) is 7.05 Å². The number of allylic oxidation sites excluding steroid dienone is 1. The molecule has 162 valence electrons. The minimum Gasteiger partial charge on any atom is -0.316 e. The smallest absolute Gasteiger partial charge is 0.101 e. The van der Waals surface area contributed by atoms with Crippen LogP contribution in [0, 0.1) is 39.4 Å². The van der Waals surface area contributed by atoms with Crippen molar-refractivity contribution in [3.8, 4) is 0 Å². The molecular formula is C27H44N2. The van der Waals surface area contributed by atoms with Gasteiger partial charge in [-0.05, 0) is 68.0 Å². The molecule has 0 saturated heterocycles. The lowest BCUT2D eigenvalue weighted by atomic mass is 9.31. The van der Waals surface area contributed by atoms with Gasteiger partial charge in [0.25, 0.3) is 0 Å². The summed E-state index contributed by atoms with van der Waals surface area (Å²) in [5, 5.41) is 3.78. The first-order chi connectivity index (χ1) is 13.3. The molecule has 3 aliphatic rings. The molecule has 0 bridgehead atoms. The molecular weight excluding hydrogens is 352 g/mol. The molecule has 0 aromatic heterocycles. The molecule has 3 saturated carbocycles. The topological polar surface area (TPSA) is 24.4 Å². The highest BCUT2D eigenvalue weighted by Crippen LogP contribution is 2.75. The van der Waals surface area contributed by atoms with Crippen molar-refractivity contribution in [1.82, 2.24) is 5.32 Å². The number of hydrogen-bond acceptors (Lipinski definition) is 2. The minimum atomic E-state index is -0.369. The van der Waals surface area contributed by atoms with Crippen molar-refractivity contribution in [2.45, 2.75) is 85.7 Å². The van der Waals surface area contributed by atoms with Crippen molar-refractivity contribution < 1.29 is 0 Å². The first kappa shape index (κ1) is 22.6. The zero-order valence-corrected chi connectivity index (χ0v) is 20.3. The Hall–Kier alpha value is -1.11. The Morgan fingerprint density at radius 2 is 1.79 bits per heavy atom. The van der Waals surface area contributed by atoms with E-state index in [1.807, 2.05) is 0 Å². The summed E-state index contributed by atoms with van der Waals surface area (Å²) in [6.07, 6.45) is 6.65. The summed E-state index contributed by atoms with van der Waals surface area (Å²) in [4.78, 5) is 5.17. The number of aliphatic imine (C=N–C) groups is 1. The van der Waals surface area contributed by atoms with E-state index < -0.39 is 0 Å². The molecule has 8 atom stereocenters. The van der Waals surface area contributed by atoms with Crippen LogP contribution in [0.1, 0.15) is 74.1 Å². The average molecular weight is 397 g/mol. The van der Waals surface area contributed by atoms with Gasteiger partial charge >= 0.3 is 0 Å². The second-order valence-corrected chi connectivity index (χ2v) is 12.0. The van der Waals surface area contributed by atoms with Crippen molar-refractivity contribution >= 4 is 6.72 Å². The van der Waals surface area contributed by atoms with Crippen LogP contribution in [-0.2, 0) is 0 Å². The van der Waals surface area contributed by atoms with Crippen LogP contribution in [0.2, 0.25) is 0 Å². The highest BCUT2D eigenvalue weighted by molar-refractivity contribution is 5.45. The lowest BCUT2D eigenvalue weighted by molar-refractivity contribution is -0.210.